The summed E-state index contributed by atoms with van der Waals surface area (Å²) in [6, 6.07) is 10.8. The van der Waals surface area contributed by atoms with Crippen molar-refractivity contribution in [3.8, 4) is 0 Å². The van der Waals surface area contributed by atoms with Crippen LogP contribution >= 0.6 is 12.6 Å². The van der Waals surface area contributed by atoms with Crippen LogP contribution in [0.4, 0.5) is 5.69 Å². The van der Waals surface area contributed by atoms with Gasteiger partial charge in [-0.25, -0.2) is 0 Å². The van der Waals surface area contributed by atoms with E-state index in [9.17, 15) is 0 Å². The van der Waals surface area contributed by atoms with Gasteiger partial charge in [0.05, 0.1) is 0 Å². The maximum Gasteiger partial charge on any atom is 0.0366 e. The van der Waals surface area contributed by atoms with E-state index in [4.69, 9.17) is 12.6 Å². The Balaban J connectivity index is 2.10. The maximum absolute atomic E-state index is 4.70. The fourth-order valence-electron chi connectivity index (χ4n) is 3.27. The fourth-order valence-corrected chi connectivity index (χ4v) is 3.69. The van der Waals surface area contributed by atoms with Crippen LogP contribution in [-0.4, -0.2) is 18.8 Å². The summed E-state index contributed by atoms with van der Waals surface area (Å²) >= 11 is 4.70. The third-order valence-corrected chi connectivity index (χ3v) is 5.20. The number of benzene rings is 1. The molecule has 0 saturated heterocycles. The topological polar surface area (TPSA) is 3.24 Å². The Labute approximate surface area is 123 Å². The molecule has 0 bridgehead atoms. The molecule has 0 aliphatic heterocycles. The first-order valence-corrected chi connectivity index (χ1v) is 8.34. The monoisotopic (exact) mass is 277 g/mol. The van der Waals surface area contributed by atoms with Crippen LogP contribution < -0.4 is 4.90 Å². The summed E-state index contributed by atoms with van der Waals surface area (Å²) in [6.07, 6.45) is 8.28. The summed E-state index contributed by atoms with van der Waals surface area (Å²) in [5, 5.41) is 0. The molecule has 0 N–H and O–H groups in total. The third kappa shape index (κ3) is 3.92. The highest BCUT2D eigenvalue weighted by Gasteiger charge is 2.31. The van der Waals surface area contributed by atoms with Gasteiger partial charge >= 0.3 is 0 Å². The molecule has 0 amide bonds. The van der Waals surface area contributed by atoms with Gasteiger partial charge in [-0.3, -0.25) is 0 Å². The number of anilines is 1. The second-order valence-electron chi connectivity index (χ2n) is 5.92. The van der Waals surface area contributed by atoms with Crippen LogP contribution in [0.25, 0.3) is 0 Å². The minimum Gasteiger partial charge on any atom is -0.371 e. The van der Waals surface area contributed by atoms with Crippen LogP contribution in [0.1, 0.15) is 45.4 Å². The van der Waals surface area contributed by atoms with Gasteiger partial charge in [0.25, 0.3) is 0 Å². The molecule has 2 heteroatoms. The minimum atomic E-state index is 0.422. The Bertz CT molecular complexity index is 355. The third-order valence-electron chi connectivity index (χ3n) is 4.53. The molecule has 106 valence electrons. The van der Waals surface area contributed by atoms with Crippen LogP contribution in [0.3, 0.4) is 0 Å². The van der Waals surface area contributed by atoms with Crippen molar-refractivity contribution in [3.63, 3.8) is 0 Å². The quantitative estimate of drug-likeness (QED) is 0.598. The highest BCUT2D eigenvalue weighted by molar-refractivity contribution is 7.80. The lowest BCUT2D eigenvalue weighted by Gasteiger charge is -2.37. The Morgan fingerprint density at radius 3 is 2.21 bits per heavy atom. The van der Waals surface area contributed by atoms with E-state index in [1.165, 1.54) is 44.2 Å². The molecule has 19 heavy (non-hydrogen) atoms. The minimum absolute atomic E-state index is 0.422. The zero-order valence-corrected chi connectivity index (χ0v) is 13.0. The molecular formula is C17H27NS. The van der Waals surface area contributed by atoms with Crippen molar-refractivity contribution in [2.45, 2.75) is 45.4 Å². The van der Waals surface area contributed by atoms with Crippen molar-refractivity contribution in [2.24, 2.45) is 5.41 Å². The zero-order chi connectivity index (χ0) is 13.6. The van der Waals surface area contributed by atoms with Crippen LogP contribution in [0.15, 0.2) is 30.3 Å². The molecule has 1 aromatic rings. The molecule has 1 fully saturated rings. The average molecular weight is 277 g/mol. The summed E-state index contributed by atoms with van der Waals surface area (Å²) < 4.78 is 0. The van der Waals surface area contributed by atoms with Crippen LogP contribution in [0.2, 0.25) is 0 Å². The number of hydrogen-bond donors (Lipinski definition) is 1. The van der Waals surface area contributed by atoms with Crippen molar-refractivity contribution < 1.29 is 0 Å². The fraction of sp³-hybridized carbons (Fsp3) is 0.647. The predicted octanol–water partition coefficient (Wildman–Crippen LogP) is 4.78. The van der Waals surface area contributed by atoms with Crippen LogP contribution in [0, 0.1) is 5.41 Å². The summed E-state index contributed by atoms with van der Waals surface area (Å²) in [6.45, 7) is 4.51. The summed E-state index contributed by atoms with van der Waals surface area (Å²) in [5.41, 5.74) is 1.78. The molecule has 0 unspecified atom stereocenters. The molecule has 1 aliphatic carbocycles. The smallest absolute Gasteiger partial charge is 0.0366 e. The summed E-state index contributed by atoms with van der Waals surface area (Å²) in [4.78, 5) is 2.53. The van der Waals surface area contributed by atoms with Crippen molar-refractivity contribution in [3.05, 3.63) is 30.3 Å². The highest BCUT2D eigenvalue weighted by Crippen LogP contribution is 2.37. The van der Waals surface area contributed by atoms with E-state index in [0.29, 0.717) is 5.41 Å². The van der Waals surface area contributed by atoms with Gasteiger partial charge in [0.1, 0.15) is 0 Å². The first-order valence-electron chi connectivity index (χ1n) is 7.70. The van der Waals surface area contributed by atoms with Gasteiger partial charge < -0.3 is 4.90 Å². The Kier molecular flexibility index (Phi) is 5.62. The molecule has 0 atom stereocenters. The number of hydrogen-bond acceptors (Lipinski definition) is 2. The first-order chi connectivity index (χ1) is 9.29. The normalized spacial score (nSPS) is 18.8. The van der Waals surface area contributed by atoms with E-state index in [1.807, 2.05) is 0 Å². The van der Waals surface area contributed by atoms with Gasteiger partial charge in [-0.15, -0.1) is 0 Å². The number of para-hydroxylation sites is 1. The van der Waals surface area contributed by atoms with Crippen LogP contribution in [-0.2, 0) is 0 Å². The summed E-state index contributed by atoms with van der Waals surface area (Å²) in [7, 11) is 0. The summed E-state index contributed by atoms with van der Waals surface area (Å²) in [5.74, 6) is 1.02. The second kappa shape index (κ2) is 7.23. The van der Waals surface area contributed by atoms with E-state index in [1.54, 1.807) is 0 Å². The molecule has 0 heterocycles. The molecule has 1 aliphatic rings. The molecule has 1 aromatic carbocycles. The van der Waals surface area contributed by atoms with Crippen molar-refractivity contribution >= 4 is 18.3 Å². The maximum atomic E-state index is 4.70. The van der Waals surface area contributed by atoms with Gasteiger partial charge in [-0.2, -0.15) is 12.6 Å². The lowest BCUT2D eigenvalue weighted by molar-refractivity contribution is 0.290. The first kappa shape index (κ1) is 14.8. The second-order valence-corrected chi connectivity index (χ2v) is 6.24. The van der Waals surface area contributed by atoms with E-state index < -0.39 is 0 Å². The van der Waals surface area contributed by atoms with Gasteiger partial charge in [0, 0.05) is 18.8 Å². The Morgan fingerprint density at radius 1 is 1.05 bits per heavy atom. The van der Waals surface area contributed by atoms with Crippen molar-refractivity contribution in [1.82, 2.24) is 0 Å². The van der Waals surface area contributed by atoms with Gasteiger partial charge in [-0.05, 0) is 43.1 Å². The molecule has 0 radical (unpaired) electrons. The Hall–Kier alpha value is -0.630. The number of thiol groups is 1. The number of rotatable bonds is 5. The van der Waals surface area contributed by atoms with Crippen molar-refractivity contribution in [2.75, 3.05) is 23.7 Å². The van der Waals surface area contributed by atoms with E-state index >= 15 is 0 Å². The van der Waals surface area contributed by atoms with E-state index in [2.05, 4.69) is 42.2 Å². The van der Waals surface area contributed by atoms with Gasteiger partial charge in [-0.1, -0.05) is 43.9 Å². The SMILES string of the molecule is CCN(CC1(CS)CCCCCC1)c1ccccc1. The van der Waals surface area contributed by atoms with E-state index in [-0.39, 0.29) is 0 Å². The van der Waals surface area contributed by atoms with Crippen molar-refractivity contribution in [1.29, 1.82) is 0 Å². The van der Waals surface area contributed by atoms with Gasteiger partial charge in [0.15, 0.2) is 0 Å². The molecule has 1 saturated carbocycles. The largest absolute Gasteiger partial charge is 0.371 e. The molecule has 0 aromatic heterocycles. The predicted molar refractivity (Wildman–Crippen MR) is 88.3 cm³/mol. The lowest BCUT2D eigenvalue weighted by Crippen LogP contribution is -2.39. The van der Waals surface area contributed by atoms with Crippen LogP contribution in [0.5, 0.6) is 0 Å². The lowest BCUT2D eigenvalue weighted by atomic mass is 9.81. The standard InChI is InChI=1S/C17H27NS/c1-2-18(16-10-6-5-7-11-16)14-17(15-19)12-8-3-4-9-13-17/h5-7,10-11,19H,2-4,8-9,12-15H2,1H3. The Morgan fingerprint density at radius 2 is 1.68 bits per heavy atom. The highest BCUT2D eigenvalue weighted by atomic mass is 32.1. The number of nitrogens with zero attached hydrogens (tertiary/aromatic N) is 1. The molecule has 1 nitrogen and oxygen atoms in total. The average Bonchev–Trinajstić information content (AvgIpc) is 2.72. The van der Waals surface area contributed by atoms with Gasteiger partial charge in [0.2, 0.25) is 0 Å². The molecule has 2 rings (SSSR count). The molecular weight excluding hydrogens is 250 g/mol. The van der Waals surface area contributed by atoms with E-state index in [0.717, 1.165) is 18.8 Å². The zero-order valence-electron chi connectivity index (χ0n) is 12.1. The molecule has 0 spiro atoms.